The zero-order valence-electron chi connectivity index (χ0n) is 9.91. The second kappa shape index (κ2) is 5.44. The van der Waals surface area contributed by atoms with Crippen LogP contribution in [-0.2, 0) is 0 Å². The Balaban J connectivity index is 2.34. The summed E-state index contributed by atoms with van der Waals surface area (Å²) in [5, 5.41) is 0. The van der Waals surface area contributed by atoms with E-state index in [1.54, 1.807) is 0 Å². The SMILES string of the molecule is COc1cc(Sc2ccc(F)c(F)c2)c(N)cc1F. The predicted octanol–water partition coefficient (Wildman–Crippen LogP) is 3.85. The van der Waals surface area contributed by atoms with Crippen LogP contribution >= 0.6 is 11.8 Å². The van der Waals surface area contributed by atoms with E-state index in [2.05, 4.69) is 0 Å². The summed E-state index contributed by atoms with van der Waals surface area (Å²) in [4.78, 5) is 0.962. The fourth-order valence-corrected chi connectivity index (χ4v) is 2.36. The Labute approximate surface area is 112 Å². The highest BCUT2D eigenvalue weighted by Gasteiger charge is 2.11. The van der Waals surface area contributed by atoms with Crippen molar-refractivity contribution in [1.82, 2.24) is 0 Å². The van der Waals surface area contributed by atoms with Crippen LogP contribution in [0.5, 0.6) is 5.75 Å². The van der Waals surface area contributed by atoms with Crippen LogP contribution in [0, 0.1) is 17.5 Å². The molecule has 0 aliphatic rings. The molecule has 2 rings (SSSR count). The summed E-state index contributed by atoms with van der Waals surface area (Å²) in [5.74, 6) is -2.40. The van der Waals surface area contributed by atoms with Crippen molar-refractivity contribution < 1.29 is 17.9 Å². The predicted molar refractivity (Wildman–Crippen MR) is 67.8 cm³/mol. The monoisotopic (exact) mass is 285 g/mol. The molecule has 100 valence electrons. The van der Waals surface area contributed by atoms with Gasteiger partial charge in [-0.05, 0) is 24.3 Å². The average Bonchev–Trinajstić information content (AvgIpc) is 2.37. The van der Waals surface area contributed by atoms with Crippen molar-refractivity contribution in [3.8, 4) is 5.75 Å². The Morgan fingerprint density at radius 3 is 2.37 bits per heavy atom. The second-order valence-corrected chi connectivity index (χ2v) is 4.82. The maximum Gasteiger partial charge on any atom is 0.167 e. The molecular weight excluding hydrogens is 275 g/mol. The Morgan fingerprint density at radius 2 is 1.74 bits per heavy atom. The van der Waals surface area contributed by atoms with Crippen LogP contribution in [0.15, 0.2) is 40.1 Å². The van der Waals surface area contributed by atoms with Gasteiger partial charge in [-0.3, -0.25) is 0 Å². The molecule has 2 aromatic carbocycles. The van der Waals surface area contributed by atoms with Crippen molar-refractivity contribution in [1.29, 1.82) is 0 Å². The lowest BCUT2D eigenvalue weighted by Gasteiger charge is -2.09. The topological polar surface area (TPSA) is 35.2 Å². The Hall–Kier alpha value is -1.82. The first-order valence-electron chi connectivity index (χ1n) is 5.27. The van der Waals surface area contributed by atoms with Crippen LogP contribution in [0.2, 0.25) is 0 Å². The number of rotatable bonds is 3. The molecule has 2 nitrogen and oxygen atoms in total. The van der Waals surface area contributed by atoms with Gasteiger partial charge in [0.15, 0.2) is 23.2 Å². The van der Waals surface area contributed by atoms with E-state index in [0.717, 1.165) is 30.0 Å². The van der Waals surface area contributed by atoms with Gasteiger partial charge in [-0.1, -0.05) is 11.8 Å². The maximum absolute atomic E-state index is 13.4. The molecular formula is C13H10F3NOS. The lowest BCUT2D eigenvalue weighted by atomic mass is 10.3. The molecule has 0 heterocycles. The number of nitrogen functional groups attached to an aromatic ring is 1. The first-order chi connectivity index (χ1) is 9.01. The van der Waals surface area contributed by atoms with Crippen molar-refractivity contribution in [3.05, 3.63) is 47.8 Å². The van der Waals surface area contributed by atoms with Gasteiger partial charge < -0.3 is 10.5 Å². The maximum atomic E-state index is 13.4. The quantitative estimate of drug-likeness (QED) is 0.870. The minimum Gasteiger partial charge on any atom is -0.494 e. The first-order valence-corrected chi connectivity index (χ1v) is 6.09. The molecule has 0 saturated heterocycles. The zero-order chi connectivity index (χ0) is 14.0. The molecule has 2 N–H and O–H groups in total. The molecule has 0 atom stereocenters. The van der Waals surface area contributed by atoms with E-state index < -0.39 is 17.5 Å². The van der Waals surface area contributed by atoms with E-state index >= 15 is 0 Å². The van der Waals surface area contributed by atoms with Gasteiger partial charge in [0, 0.05) is 21.5 Å². The van der Waals surface area contributed by atoms with Crippen molar-refractivity contribution in [3.63, 3.8) is 0 Å². The lowest BCUT2D eigenvalue weighted by Crippen LogP contribution is -1.94. The molecule has 0 fully saturated rings. The van der Waals surface area contributed by atoms with E-state index in [4.69, 9.17) is 10.5 Å². The van der Waals surface area contributed by atoms with Gasteiger partial charge in [0.2, 0.25) is 0 Å². The van der Waals surface area contributed by atoms with E-state index in [1.165, 1.54) is 19.2 Å². The summed E-state index contributed by atoms with van der Waals surface area (Å²) in [7, 11) is 1.33. The van der Waals surface area contributed by atoms with Crippen molar-refractivity contribution >= 4 is 17.4 Å². The fourth-order valence-electron chi connectivity index (χ4n) is 1.46. The molecule has 0 spiro atoms. The number of anilines is 1. The summed E-state index contributed by atoms with van der Waals surface area (Å²) in [6, 6.07) is 6.03. The van der Waals surface area contributed by atoms with Crippen LogP contribution < -0.4 is 10.5 Å². The van der Waals surface area contributed by atoms with Gasteiger partial charge >= 0.3 is 0 Å². The summed E-state index contributed by atoms with van der Waals surface area (Å²) in [5.41, 5.74) is 5.88. The van der Waals surface area contributed by atoms with E-state index in [-0.39, 0.29) is 11.4 Å². The minimum absolute atomic E-state index is 0.0410. The molecule has 0 unspecified atom stereocenters. The third-order valence-electron chi connectivity index (χ3n) is 2.40. The molecule has 0 amide bonds. The van der Waals surface area contributed by atoms with Gasteiger partial charge in [0.1, 0.15) is 0 Å². The standard InChI is InChI=1S/C13H10F3NOS/c1-18-12-6-13(11(17)5-10(12)16)19-7-2-3-8(14)9(15)4-7/h2-6H,17H2,1H3. The second-order valence-electron chi connectivity index (χ2n) is 3.70. The molecule has 0 saturated carbocycles. The number of halogens is 3. The van der Waals surface area contributed by atoms with Gasteiger partial charge in [0.05, 0.1) is 7.11 Å². The highest BCUT2D eigenvalue weighted by atomic mass is 32.2. The number of methoxy groups -OCH3 is 1. The normalized spacial score (nSPS) is 10.5. The largest absolute Gasteiger partial charge is 0.494 e. The first kappa shape index (κ1) is 13.6. The molecule has 2 aromatic rings. The Bertz CT molecular complexity index is 619. The van der Waals surface area contributed by atoms with Gasteiger partial charge in [-0.2, -0.15) is 0 Å². The van der Waals surface area contributed by atoms with E-state index in [9.17, 15) is 13.2 Å². The molecule has 0 aliphatic carbocycles. The van der Waals surface area contributed by atoms with Crippen LogP contribution in [0.4, 0.5) is 18.9 Å². The van der Waals surface area contributed by atoms with Crippen LogP contribution in [0.3, 0.4) is 0 Å². The highest BCUT2D eigenvalue weighted by molar-refractivity contribution is 7.99. The summed E-state index contributed by atoms with van der Waals surface area (Å²) in [6.45, 7) is 0. The van der Waals surface area contributed by atoms with Gasteiger partial charge in [-0.25, -0.2) is 13.2 Å². The highest BCUT2D eigenvalue weighted by Crippen LogP contribution is 2.36. The fraction of sp³-hybridized carbons (Fsp3) is 0.0769. The van der Waals surface area contributed by atoms with Crippen LogP contribution in [0.1, 0.15) is 0 Å². The number of hydrogen-bond acceptors (Lipinski definition) is 3. The lowest BCUT2D eigenvalue weighted by molar-refractivity contribution is 0.385. The summed E-state index contributed by atoms with van der Waals surface area (Å²) in [6.07, 6.45) is 0. The molecule has 0 aliphatic heterocycles. The minimum atomic E-state index is -0.947. The smallest absolute Gasteiger partial charge is 0.167 e. The van der Waals surface area contributed by atoms with Crippen molar-refractivity contribution in [2.75, 3.05) is 12.8 Å². The molecule has 0 radical (unpaired) electrons. The molecule has 19 heavy (non-hydrogen) atoms. The number of hydrogen-bond donors (Lipinski definition) is 1. The number of benzene rings is 2. The summed E-state index contributed by atoms with van der Waals surface area (Å²) >= 11 is 1.10. The van der Waals surface area contributed by atoms with Crippen molar-refractivity contribution in [2.24, 2.45) is 0 Å². The van der Waals surface area contributed by atoms with Crippen LogP contribution in [-0.4, -0.2) is 7.11 Å². The van der Waals surface area contributed by atoms with E-state index in [1.807, 2.05) is 0 Å². The summed E-state index contributed by atoms with van der Waals surface area (Å²) < 4.78 is 44.1. The van der Waals surface area contributed by atoms with E-state index in [0.29, 0.717) is 9.79 Å². The van der Waals surface area contributed by atoms with Crippen LogP contribution in [0.25, 0.3) is 0 Å². The third-order valence-corrected chi connectivity index (χ3v) is 3.47. The number of ether oxygens (including phenoxy) is 1. The molecule has 0 aromatic heterocycles. The molecule has 6 heteroatoms. The number of nitrogens with two attached hydrogens (primary N) is 1. The van der Waals surface area contributed by atoms with Crippen molar-refractivity contribution in [2.45, 2.75) is 9.79 Å². The Kier molecular flexibility index (Phi) is 3.90. The van der Waals surface area contributed by atoms with Gasteiger partial charge in [-0.15, -0.1) is 0 Å². The Morgan fingerprint density at radius 1 is 1.00 bits per heavy atom. The van der Waals surface area contributed by atoms with Gasteiger partial charge in [0.25, 0.3) is 0 Å². The zero-order valence-corrected chi connectivity index (χ0v) is 10.7. The third kappa shape index (κ3) is 2.96. The molecule has 0 bridgehead atoms. The average molecular weight is 285 g/mol.